The van der Waals surface area contributed by atoms with Crippen molar-refractivity contribution in [2.75, 3.05) is 33.3 Å². The summed E-state index contributed by atoms with van der Waals surface area (Å²) in [4.78, 5) is 31.6. The van der Waals surface area contributed by atoms with Gasteiger partial charge in [0.15, 0.2) is 0 Å². The van der Waals surface area contributed by atoms with Crippen molar-refractivity contribution < 1.29 is 45.1 Å². The van der Waals surface area contributed by atoms with Crippen molar-refractivity contribution in [3.63, 3.8) is 0 Å². The van der Waals surface area contributed by atoms with Crippen molar-refractivity contribution >= 4 is 12.0 Å². The average Bonchev–Trinajstić information content (AvgIpc) is 3.55. The van der Waals surface area contributed by atoms with E-state index in [-0.39, 0.29) is 36.1 Å². The van der Waals surface area contributed by atoms with E-state index >= 15 is 0 Å². The molecule has 2 amide bonds. The lowest BCUT2D eigenvalue weighted by Crippen LogP contribution is -2.52. The van der Waals surface area contributed by atoms with E-state index in [0.29, 0.717) is 55.8 Å². The number of esters is 1. The molecule has 0 N–H and O–H groups in total. The number of aryl methyl sites for hydroxylation is 1. The highest BCUT2D eigenvalue weighted by molar-refractivity contribution is 5.81. The van der Waals surface area contributed by atoms with Crippen LogP contribution in [0.15, 0.2) is 36.4 Å². The first-order valence-electron chi connectivity index (χ1n) is 15.0. The van der Waals surface area contributed by atoms with Gasteiger partial charge >= 0.3 is 24.4 Å². The van der Waals surface area contributed by atoms with Crippen LogP contribution >= 0.6 is 0 Å². The summed E-state index contributed by atoms with van der Waals surface area (Å²) in [7, 11) is 1.35. The Morgan fingerprint density at radius 3 is 2.29 bits per heavy atom. The molecule has 5 rings (SSSR count). The summed E-state index contributed by atoms with van der Waals surface area (Å²) in [6, 6.07) is 3.31. The number of nitrogens with zero attached hydrogens (tertiary/aromatic N) is 3. The number of fused-ring (bicyclic) bond motifs is 1. The second-order valence-corrected chi connectivity index (χ2v) is 12.5. The summed E-state index contributed by atoms with van der Waals surface area (Å²) in [5.74, 6) is -0.452. The molecule has 0 radical (unpaired) electrons. The molecule has 5 atom stereocenters. The zero-order valence-electron chi connectivity index (χ0n) is 25.4. The van der Waals surface area contributed by atoms with Gasteiger partial charge in [0.2, 0.25) is 0 Å². The van der Waals surface area contributed by atoms with E-state index in [4.69, 9.17) is 4.74 Å². The molecule has 2 aromatic carbocycles. The molecule has 1 aliphatic carbocycles. The minimum atomic E-state index is -5.02. The number of amides is 2. The number of halogens is 7. The molecule has 0 bridgehead atoms. The van der Waals surface area contributed by atoms with Gasteiger partial charge in [0.25, 0.3) is 0 Å². The van der Waals surface area contributed by atoms with Crippen LogP contribution < -0.4 is 0 Å². The Morgan fingerprint density at radius 2 is 1.71 bits per heavy atom. The second kappa shape index (κ2) is 11.8. The van der Waals surface area contributed by atoms with Crippen LogP contribution in [0.3, 0.4) is 0 Å². The monoisotopic (exact) mass is 643 g/mol. The topological polar surface area (TPSA) is 53.1 Å². The molecule has 3 aliphatic rings. The van der Waals surface area contributed by atoms with Crippen LogP contribution in [0.1, 0.15) is 73.0 Å². The standard InChI is InChI=1S/C32H36F7N3O3/c1-5-45-28(43)30-15-23(30)16-41(17-30)25-8-9-42(27(14-25)26-7-6-24(33)10-18(26)2)29(44)40(4)19(3)20-11-21(31(34,35)36)13-22(12-20)32(37,38)39/h6-7,10-13,19,23,25,27H,5,8-9,14-17H2,1-4H3/t19-,23?,25?,27?,30?/m0/s1. The van der Waals surface area contributed by atoms with E-state index in [1.165, 1.54) is 26.1 Å². The molecule has 2 heterocycles. The maximum Gasteiger partial charge on any atom is 0.416 e. The van der Waals surface area contributed by atoms with E-state index < -0.39 is 52.8 Å². The first kappa shape index (κ1) is 33.0. The Balaban J connectivity index is 1.41. The predicted octanol–water partition coefficient (Wildman–Crippen LogP) is 7.38. The van der Waals surface area contributed by atoms with Crippen LogP contribution in [0.25, 0.3) is 0 Å². The SMILES string of the molecule is CCOC(=O)C12CC1CN(C1CCN(C(=O)N(C)[C@@H](C)c3cc(C(F)(F)F)cc(C(F)(F)F)c3)C(c3ccc(F)cc3C)C1)C2. The number of carbonyl (C=O) groups excluding carboxylic acids is 2. The van der Waals surface area contributed by atoms with Crippen LogP contribution in [-0.2, 0) is 21.9 Å². The van der Waals surface area contributed by atoms with E-state index in [9.17, 15) is 40.3 Å². The number of benzene rings is 2. The van der Waals surface area contributed by atoms with Gasteiger partial charge in [0.1, 0.15) is 5.82 Å². The molecule has 45 heavy (non-hydrogen) atoms. The fourth-order valence-electron chi connectivity index (χ4n) is 7.02. The summed E-state index contributed by atoms with van der Waals surface area (Å²) in [5, 5.41) is 0. The Morgan fingerprint density at radius 1 is 1.07 bits per heavy atom. The van der Waals surface area contributed by atoms with Crippen LogP contribution in [0.5, 0.6) is 0 Å². The van der Waals surface area contributed by atoms with Gasteiger partial charge in [-0.2, -0.15) is 26.3 Å². The third-order valence-electron chi connectivity index (χ3n) is 9.76. The fourth-order valence-corrected chi connectivity index (χ4v) is 7.02. The zero-order chi connectivity index (χ0) is 33.1. The number of ether oxygens (including phenoxy) is 1. The quantitative estimate of drug-likeness (QED) is 0.244. The van der Waals surface area contributed by atoms with Crippen LogP contribution in [-0.4, -0.2) is 66.0 Å². The molecule has 4 unspecified atom stereocenters. The van der Waals surface area contributed by atoms with Gasteiger partial charge in [-0.05, 0) is 93.0 Å². The third kappa shape index (κ3) is 6.37. The number of piperidine rings is 2. The molecule has 0 aromatic heterocycles. The summed E-state index contributed by atoms with van der Waals surface area (Å²) in [5.41, 5.74) is -2.43. The van der Waals surface area contributed by atoms with Crippen LogP contribution in [0.2, 0.25) is 0 Å². The highest BCUT2D eigenvalue weighted by Crippen LogP contribution is 2.59. The number of carbonyl (C=O) groups is 2. The zero-order valence-corrected chi connectivity index (χ0v) is 25.4. The Labute approximate surface area is 257 Å². The van der Waals surface area contributed by atoms with Crippen molar-refractivity contribution in [3.05, 3.63) is 70.0 Å². The smallest absolute Gasteiger partial charge is 0.416 e. The fraction of sp³-hybridized carbons (Fsp3) is 0.562. The number of alkyl halides is 6. The molecule has 246 valence electrons. The lowest BCUT2D eigenvalue weighted by Gasteiger charge is -2.45. The molecule has 3 fully saturated rings. The van der Waals surface area contributed by atoms with E-state index in [0.717, 1.165) is 11.3 Å². The van der Waals surface area contributed by atoms with Crippen molar-refractivity contribution in [1.29, 1.82) is 0 Å². The van der Waals surface area contributed by atoms with Gasteiger partial charge in [-0.1, -0.05) is 6.07 Å². The minimum Gasteiger partial charge on any atom is -0.466 e. The van der Waals surface area contributed by atoms with Crippen molar-refractivity contribution in [2.24, 2.45) is 11.3 Å². The lowest BCUT2D eigenvalue weighted by molar-refractivity contribution is -0.150. The van der Waals surface area contributed by atoms with Gasteiger partial charge in [-0.3, -0.25) is 9.69 Å². The largest absolute Gasteiger partial charge is 0.466 e. The normalized spacial score (nSPS) is 25.9. The number of rotatable bonds is 6. The highest BCUT2D eigenvalue weighted by atomic mass is 19.4. The van der Waals surface area contributed by atoms with Crippen molar-refractivity contribution in [3.8, 4) is 0 Å². The van der Waals surface area contributed by atoms with Gasteiger partial charge in [-0.15, -0.1) is 0 Å². The summed E-state index contributed by atoms with van der Waals surface area (Å²) < 4.78 is 101. The minimum absolute atomic E-state index is 0.0110. The van der Waals surface area contributed by atoms with Gasteiger partial charge in [0, 0.05) is 32.7 Å². The third-order valence-corrected chi connectivity index (χ3v) is 9.76. The molecule has 2 saturated heterocycles. The van der Waals surface area contributed by atoms with Crippen molar-refractivity contribution in [2.45, 2.75) is 70.5 Å². The Bertz CT molecular complexity index is 1430. The molecule has 1 saturated carbocycles. The number of likely N-dealkylation sites (tertiary alicyclic amines) is 2. The van der Waals surface area contributed by atoms with Crippen molar-refractivity contribution in [1.82, 2.24) is 14.7 Å². The maximum absolute atomic E-state index is 14.1. The molecule has 2 aliphatic heterocycles. The number of hydrogen-bond acceptors (Lipinski definition) is 4. The average molecular weight is 644 g/mol. The van der Waals surface area contributed by atoms with Gasteiger partial charge in [-0.25, -0.2) is 9.18 Å². The van der Waals surface area contributed by atoms with Crippen LogP contribution in [0.4, 0.5) is 35.5 Å². The second-order valence-electron chi connectivity index (χ2n) is 12.5. The first-order valence-corrected chi connectivity index (χ1v) is 15.0. The Kier molecular flexibility index (Phi) is 8.65. The molecule has 2 aromatic rings. The van der Waals surface area contributed by atoms with E-state index in [1.807, 2.05) is 0 Å². The summed E-state index contributed by atoms with van der Waals surface area (Å²) in [6.45, 7) is 6.65. The van der Waals surface area contributed by atoms with Crippen LogP contribution in [0, 0.1) is 24.1 Å². The molecular weight excluding hydrogens is 607 g/mol. The summed E-state index contributed by atoms with van der Waals surface area (Å²) >= 11 is 0. The number of hydrogen-bond donors (Lipinski definition) is 0. The van der Waals surface area contributed by atoms with E-state index in [1.54, 1.807) is 24.8 Å². The Hall–Kier alpha value is -3.35. The predicted molar refractivity (Wildman–Crippen MR) is 150 cm³/mol. The lowest BCUT2D eigenvalue weighted by atomic mass is 9.88. The van der Waals surface area contributed by atoms with E-state index in [2.05, 4.69) is 4.90 Å². The molecular formula is C32H36F7N3O3. The number of urea groups is 1. The first-order chi connectivity index (χ1) is 21.0. The maximum atomic E-state index is 14.1. The molecule has 13 heteroatoms. The van der Waals surface area contributed by atoms with Gasteiger partial charge < -0.3 is 14.5 Å². The van der Waals surface area contributed by atoms with Gasteiger partial charge in [0.05, 0.1) is 35.2 Å². The molecule has 6 nitrogen and oxygen atoms in total. The summed E-state index contributed by atoms with van der Waals surface area (Å²) in [6.07, 6.45) is -8.28. The molecule has 0 spiro atoms. The highest BCUT2D eigenvalue weighted by Gasteiger charge is 2.66.